The zero-order valence-electron chi connectivity index (χ0n) is 10.5. The van der Waals surface area contributed by atoms with E-state index in [1.54, 1.807) is 12.3 Å². The fourth-order valence-electron chi connectivity index (χ4n) is 2.02. The number of pyridine rings is 1. The molecule has 2 aromatic heterocycles. The number of nitrogens with one attached hydrogen (secondary N) is 1. The van der Waals surface area contributed by atoms with E-state index in [9.17, 15) is 4.79 Å². The van der Waals surface area contributed by atoms with Gasteiger partial charge in [-0.3, -0.25) is 0 Å². The van der Waals surface area contributed by atoms with Gasteiger partial charge < -0.3 is 14.8 Å². The van der Waals surface area contributed by atoms with Crippen LogP contribution in [-0.2, 0) is 6.54 Å². The molecule has 5 heteroatoms. The van der Waals surface area contributed by atoms with Crippen LogP contribution in [0.15, 0.2) is 53.1 Å². The Morgan fingerprint density at radius 1 is 1.20 bits per heavy atom. The summed E-state index contributed by atoms with van der Waals surface area (Å²) in [6, 6.07) is 12.9. The summed E-state index contributed by atoms with van der Waals surface area (Å²) in [4.78, 5) is 15.0. The van der Waals surface area contributed by atoms with Gasteiger partial charge >= 0.3 is 5.97 Å². The maximum Gasteiger partial charge on any atom is 0.371 e. The molecule has 5 nitrogen and oxygen atoms in total. The second-order valence-electron chi connectivity index (χ2n) is 4.31. The zero-order chi connectivity index (χ0) is 13.9. The third-order valence-corrected chi connectivity index (χ3v) is 2.98. The molecular formula is C15H12N2O3. The number of furan rings is 1. The Labute approximate surface area is 114 Å². The largest absolute Gasteiger partial charge is 0.475 e. The van der Waals surface area contributed by atoms with Gasteiger partial charge in [-0.1, -0.05) is 24.3 Å². The topological polar surface area (TPSA) is 75.4 Å². The van der Waals surface area contributed by atoms with Crippen molar-refractivity contribution in [2.75, 3.05) is 5.32 Å². The molecule has 3 rings (SSSR count). The summed E-state index contributed by atoms with van der Waals surface area (Å²) in [5.41, 5.74) is 0. The summed E-state index contributed by atoms with van der Waals surface area (Å²) in [6.07, 6.45) is 1.73. The van der Waals surface area contributed by atoms with E-state index in [2.05, 4.69) is 10.3 Å². The molecule has 0 bridgehead atoms. The monoisotopic (exact) mass is 268 g/mol. The Balaban J connectivity index is 1.81. The van der Waals surface area contributed by atoms with Crippen LogP contribution in [0.5, 0.6) is 0 Å². The summed E-state index contributed by atoms with van der Waals surface area (Å²) < 4.78 is 5.19. The van der Waals surface area contributed by atoms with Gasteiger partial charge in [0.05, 0.1) is 6.54 Å². The van der Waals surface area contributed by atoms with Crippen LogP contribution in [0.4, 0.5) is 5.82 Å². The molecule has 0 amide bonds. The highest BCUT2D eigenvalue weighted by atomic mass is 16.4. The quantitative estimate of drug-likeness (QED) is 0.760. The number of aromatic nitrogens is 1. The third kappa shape index (κ3) is 2.33. The van der Waals surface area contributed by atoms with Crippen molar-refractivity contribution in [1.29, 1.82) is 0 Å². The fourth-order valence-corrected chi connectivity index (χ4v) is 2.02. The number of carbonyl (C=O) groups is 1. The molecule has 2 N–H and O–H groups in total. The normalized spacial score (nSPS) is 10.6. The fraction of sp³-hybridized carbons (Fsp3) is 0.0667. The SMILES string of the molecule is O=C(O)c1ccc(CNc2nccc3ccccc23)o1. The molecule has 0 fully saturated rings. The number of hydrogen-bond donors (Lipinski definition) is 2. The molecule has 1 aromatic carbocycles. The van der Waals surface area contributed by atoms with Crippen LogP contribution >= 0.6 is 0 Å². The first-order valence-corrected chi connectivity index (χ1v) is 6.13. The molecule has 0 saturated heterocycles. The number of carboxylic acid groups (broad SMARTS) is 1. The number of anilines is 1. The Morgan fingerprint density at radius 2 is 2.05 bits per heavy atom. The van der Waals surface area contributed by atoms with E-state index < -0.39 is 5.97 Å². The molecule has 0 unspecified atom stereocenters. The summed E-state index contributed by atoms with van der Waals surface area (Å²) in [5, 5.41) is 14.1. The van der Waals surface area contributed by atoms with Crippen LogP contribution in [0.2, 0.25) is 0 Å². The molecule has 3 aromatic rings. The van der Waals surface area contributed by atoms with Gasteiger partial charge in [-0.25, -0.2) is 9.78 Å². The van der Waals surface area contributed by atoms with Gasteiger partial charge in [0, 0.05) is 11.6 Å². The first-order chi connectivity index (χ1) is 9.74. The van der Waals surface area contributed by atoms with Crippen LogP contribution in [0.25, 0.3) is 10.8 Å². The lowest BCUT2D eigenvalue weighted by Crippen LogP contribution is -2.01. The van der Waals surface area contributed by atoms with Crippen LogP contribution in [-0.4, -0.2) is 16.1 Å². The van der Waals surface area contributed by atoms with Gasteiger partial charge in [0.15, 0.2) is 0 Å². The number of nitrogens with zero attached hydrogens (tertiary/aromatic N) is 1. The predicted molar refractivity (Wildman–Crippen MR) is 74.7 cm³/mol. The Bertz CT molecular complexity index is 759. The highest BCUT2D eigenvalue weighted by Gasteiger charge is 2.09. The van der Waals surface area contributed by atoms with Gasteiger partial charge in [-0.15, -0.1) is 0 Å². The van der Waals surface area contributed by atoms with E-state index in [4.69, 9.17) is 9.52 Å². The molecule has 100 valence electrons. The van der Waals surface area contributed by atoms with Gasteiger partial charge in [-0.2, -0.15) is 0 Å². The Morgan fingerprint density at radius 3 is 2.85 bits per heavy atom. The van der Waals surface area contributed by atoms with E-state index in [1.807, 2.05) is 30.3 Å². The van der Waals surface area contributed by atoms with Crippen molar-refractivity contribution in [2.24, 2.45) is 0 Å². The predicted octanol–water partition coefficient (Wildman–Crippen LogP) is 3.14. The molecule has 0 spiro atoms. The zero-order valence-corrected chi connectivity index (χ0v) is 10.5. The lowest BCUT2D eigenvalue weighted by molar-refractivity contribution is 0.0660. The molecule has 0 atom stereocenters. The number of hydrogen-bond acceptors (Lipinski definition) is 4. The molecule has 0 aliphatic heterocycles. The van der Waals surface area contributed by atoms with Gasteiger partial charge in [0.25, 0.3) is 0 Å². The molecule has 0 aliphatic rings. The Hall–Kier alpha value is -2.82. The number of aromatic carboxylic acids is 1. The average Bonchev–Trinajstić information content (AvgIpc) is 2.94. The Kier molecular flexibility index (Phi) is 3.09. The van der Waals surface area contributed by atoms with Crippen LogP contribution in [0.3, 0.4) is 0 Å². The van der Waals surface area contributed by atoms with Gasteiger partial charge in [0.2, 0.25) is 5.76 Å². The molecule has 2 heterocycles. The summed E-state index contributed by atoms with van der Waals surface area (Å²) in [5.74, 6) is 0.167. The van der Waals surface area contributed by atoms with Crippen molar-refractivity contribution in [3.05, 3.63) is 60.2 Å². The smallest absolute Gasteiger partial charge is 0.371 e. The molecule has 20 heavy (non-hydrogen) atoms. The first-order valence-electron chi connectivity index (χ1n) is 6.13. The number of benzene rings is 1. The highest BCUT2D eigenvalue weighted by Crippen LogP contribution is 2.21. The molecule has 0 saturated carbocycles. The average molecular weight is 268 g/mol. The number of rotatable bonds is 4. The van der Waals surface area contributed by atoms with Gasteiger partial charge in [-0.05, 0) is 23.6 Å². The van der Waals surface area contributed by atoms with Crippen LogP contribution in [0, 0.1) is 0 Å². The van der Waals surface area contributed by atoms with E-state index >= 15 is 0 Å². The van der Waals surface area contributed by atoms with Crippen molar-refractivity contribution in [3.63, 3.8) is 0 Å². The van der Waals surface area contributed by atoms with E-state index in [0.717, 1.165) is 16.6 Å². The van der Waals surface area contributed by atoms with Gasteiger partial charge in [0.1, 0.15) is 11.6 Å². The van der Waals surface area contributed by atoms with E-state index in [-0.39, 0.29) is 5.76 Å². The summed E-state index contributed by atoms with van der Waals surface area (Å²) in [6.45, 7) is 0.383. The lowest BCUT2D eigenvalue weighted by atomic mass is 10.1. The van der Waals surface area contributed by atoms with Crippen molar-refractivity contribution >= 4 is 22.6 Å². The molecule has 0 aliphatic carbocycles. The van der Waals surface area contributed by atoms with Crippen molar-refractivity contribution < 1.29 is 14.3 Å². The summed E-state index contributed by atoms with van der Waals surface area (Å²) >= 11 is 0. The van der Waals surface area contributed by atoms with E-state index in [1.165, 1.54) is 6.07 Å². The summed E-state index contributed by atoms with van der Waals surface area (Å²) in [7, 11) is 0. The van der Waals surface area contributed by atoms with Crippen molar-refractivity contribution in [2.45, 2.75) is 6.54 Å². The minimum atomic E-state index is -1.07. The highest BCUT2D eigenvalue weighted by molar-refractivity contribution is 5.91. The first kappa shape index (κ1) is 12.2. The minimum absolute atomic E-state index is 0.0623. The second kappa shape index (κ2) is 5.05. The molecular weight excluding hydrogens is 256 g/mol. The standard InChI is InChI=1S/C15H12N2O3/c18-15(19)13-6-5-11(20-13)9-17-14-12-4-2-1-3-10(12)7-8-16-14/h1-8H,9H2,(H,16,17)(H,18,19). The van der Waals surface area contributed by atoms with Crippen molar-refractivity contribution in [3.8, 4) is 0 Å². The third-order valence-electron chi connectivity index (χ3n) is 2.98. The molecule has 0 radical (unpaired) electrons. The minimum Gasteiger partial charge on any atom is -0.475 e. The van der Waals surface area contributed by atoms with Crippen LogP contribution < -0.4 is 5.32 Å². The lowest BCUT2D eigenvalue weighted by Gasteiger charge is -2.07. The number of fused-ring (bicyclic) bond motifs is 1. The van der Waals surface area contributed by atoms with Crippen LogP contribution in [0.1, 0.15) is 16.3 Å². The van der Waals surface area contributed by atoms with Crippen molar-refractivity contribution in [1.82, 2.24) is 4.98 Å². The maximum absolute atomic E-state index is 10.7. The second-order valence-corrected chi connectivity index (χ2v) is 4.31. The maximum atomic E-state index is 10.7. The van der Waals surface area contributed by atoms with E-state index in [0.29, 0.717) is 12.3 Å². The number of carboxylic acids is 1.